The minimum atomic E-state index is -0.227. The Balaban J connectivity index is 2.68. The summed E-state index contributed by atoms with van der Waals surface area (Å²) in [5.41, 5.74) is 9.29. The zero-order valence-corrected chi connectivity index (χ0v) is 38.9. The molecular weight excluding hydrogens is 673 g/mol. The number of hydrogen-bond donors (Lipinski definition) is 3. The van der Waals surface area contributed by atoms with E-state index >= 15 is 0 Å². The van der Waals surface area contributed by atoms with Crippen molar-refractivity contribution in [3.63, 3.8) is 0 Å². The zero-order valence-electron chi connectivity index (χ0n) is 38.9. The minimum Gasteiger partial charge on any atom is -0.508 e. The average Bonchev–Trinajstić information content (AvgIpc) is 3.13. The molecule has 0 spiro atoms. The molecule has 0 aromatic heterocycles. The van der Waals surface area contributed by atoms with E-state index in [-0.39, 0.29) is 44.3 Å². The lowest BCUT2D eigenvalue weighted by molar-refractivity contribution is 0.416. The molecule has 0 saturated heterocycles. The summed E-state index contributed by atoms with van der Waals surface area (Å²) in [5.74, 6) is 1.24. The highest BCUT2D eigenvalue weighted by Gasteiger charge is 2.38. The van der Waals surface area contributed by atoms with E-state index in [9.17, 15) is 15.3 Å². The Hall–Kier alpha value is -2.94. The van der Waals surface area contributed by atoms with E-state index in [4.69, 9.17) is 0 Å². The van der Waals surface area contributed by atoms with Crippen molar-refractivity contribution in [2.45, 2.75) is 221 Å². The molecule has 3 heteroatoms. The minimum absolute atomic E-state index is 0.0373. The lowest BCUT2D eigenvalue weighted by Gasteiger charge is -2.38. The topological polar surface area (TPSA) is 60.7 Å². The van der Waals surface area contributed by atoms with E-state index in [2.05, 4.69) is 168 Å². The molecule has 0 aliphatic heterocycles. The monoisotopic (exact) mass is 755 g/mol. The van der Waals surface area contributed by atoms with Crippen molar-refractivity contribution in [1.82, 2.24) is 0 Å². The first-order valence-corrected chi connectivity index (χ1v) is 21.8. The van der Waals surface area contributed by atoms with Crippen molar-refractivity contribution < 1.29 is 15.3 Å². The molecule has 0 fully saturated rings. The predicted molar refractivity (Wildman–Crippen MR) is 239 cm³/mol. The van der Waals surface area contributed by atoms with E-state index in [1.54, 1.807) is 0 Å². The van der Waals surface area contributed by atoms with Gasteiger partial charge >= 0.3 is 0 Å². The Morgan fingerprint density at radius 3 is 0.836 bits per heavy atom. The molecule has 55 heavy (non-hydrogen) atoms. The first-order chi connectivity index (χ1) is 25.1. The summed E-state index contributed by atoms with van der Waals surface area (Å²) in [6.07, 6.45) is 6.37. The van der Waals surface area contributed by atoms with Crippen LogP contribution >= 0.6 is 0 Å². The summed E-state index contributed by atoms with van der Waals surface area (Å²) in [5, 5.41) is 35.3. The molecule has 3 aromatic rings. The molecule has 1 atom stereocenters. The average molecular weight is 755 g/mol. The van der Waals surface area contributed by atoms with Crippen LogP contribution in [0, 0.1) is 0 Å². The molecular formula is C52H82O3. The fourth-order valence-electron chi connectivity index (χ4n) is 8.23. The van der Waals surface area contributed by atoms with Gasteiger partial charge in [0.2, 0.25) is 0 Å². The molecule has 0 radical (unpaired) electrons. The highest BCUT2D eigenvalue weighted by atomic mass is 16.3. The number of phenols is 3. The smallest absolute Gasteiger partial charge is 0.119 e. The van der Waals surface area contributed by atoms with Gasteiger partial charge in [0.25, 0.3) is 0 Å². The normalized spacial score (nSPS) is 14.2. The second-order valence-electron chi connectivity index (χ2n) is 21.0. The van der Waals surface area contributed by atoms with Crippen LogP contribution in [0.1, 0.15) is 238 Å². The SMILES string of the molecule is CCC(C)(C)c1cc(C(C)CC(c2cc(C(C)(C)CC)c(O)cc2C(C)(C)CC)c2cc(C(C)(C)CC)c(O)cc2C(C)(C)CC)c(C(C)(C)CC)cc1O. The number of benzene rings is 3. The van der Waals surface area contributed by atoms with E-state index < -0.39 is 0 Å². The van der Waals surface area contributed by atoms with Crippen molar-refractivity contribution in [1.29, 1.82) is 0 Å². The summed E-state index contributed by atoms with van der Waals surface area (Å²) in [6.45, 7) is 43.1. The third kappa shape index (κ3) is 9.28. The van der Waals surface area contributed by atoms with Gasteiger partial charge in [0.15, 0.2) is 0 Å². The number of rotatable bonds is 17. The maximum atomic E-state index is 11.8. The second-order valence-corrected chi connectivity index (χ2v) is 21.0. The van der Waals surface area contributed by atoms with Crippen LogP contribution in [0.25, 0.3) is 0 Å². The number of aromatic hydroxyl groups is 3. The highest BCUT2D eigenvalue weighted by Crippen LogP contribution is 2.51. The maximum Gasteiger partial charge on any atom is 0.119 e. The molecule has 0 aliphatic rings. The first kappa shape index (κ1) is 46.4. The van der Waals surface area contributed by atoms with Gasteiger partial charge < -0.3 is 15.3 Å². The quantitative estimate of drug-likeness (QED) is 0.129. The molecule has 3 rings (SSSR count). The van der Waals surface area contributed by atoms with Gasteiger partial charge in [-0.3, -0.25) is 0 Å². The molecule has 0 aliphatic carbocycles. The number of phenolic OH excluding ortho intramolecular Hbond substituents is 3. The Bertz CT molecular complexity index is 1710. The second kappa shape index (κ2) is 16.5. The van der Waals surface area contributed by atoms with Gasteiger partial charge in [-0.15, -0.1) is 0 Å². The number of hydrogen-bond acceptors (Lipinski definition) is 3. The Morgan fingerprint density at radius 2 is 0.582 bits per heavy atom. The summed E-state index contributed by atoms with van der Waals surface area (Å²) in [6, 6.07) is 13.3. The van der Waals surface area contributed by atoms with Crippen LogP contribution < -0.4 is 0 Å². The molecule has 308 valence electrons. The van der Waals surface area contributed by atoms with Gasteiger partial charge in [-0.25, -0.2) is 0 Å². The van der Waals surface area contributed by atoms with E-state index in [0.29, 0.717) is 17.2 Å². The molecule has 0 bridgehead atoms. The van der Waals surface area contributed by atoms with Gasteiger partial charge in [-0.2, -0.15) is 0 Å². The first-order valence-electron chi connectivity index (χ1n) is 21.8. The van der Waals surface area contributed by atoms with Crippen LogP contribution in [0.15, 0.2) is 36.4 Å². The van der Waals surface area contributed by atoms with E-state index in [1.807, 2.05) is 0 Å². The summed E-state index contributed by atoms with van der Waals surface area (Å²) < 4.78 is 0. The lowest BCUT2D eigenvalue weighted by atomic mass is 9.66. The van der Waals surface area contributed by atoms with Crippen LogP contribution in [0.5, 0.6) is 17.2 Å². The van der Waals surface area contributed by atoms with Crippen molar-refractivity contribution in [3.8, 4) is 17.2 Å². The van der Waals surface area contributed by atoms with Crippen LogP contribution in [-0.4, -0.2) is 15.3 Å². The Kier molecular flexibility index (Phi) is 13.9. The van der Waals surface area contributed by atoms with Gasteiger partial charge in [0, 0.05) is 5.92 Å². The van der Waals surface area contributed by atoms with Crippen LogP contribution in [0.3, 0.4) is 0 Å². The molecule has 0 heterocycles. The Morgan fingerprint density at radius 1 is 0.364 bits per heavy atom. The van der Waals surface area contributed by atoms with Gasteiger partial charge in [-0.1, -0.05) is 150 Å². The maximum absolute atomic E-state index is 11.8. The summed E-state index contributed by atoms with van der Waals surface area (Å²) >= 11 is 0. The highest BCUT2D eigenvalue weighted by molar-refractivity contribution is 5.57. The third-order valence-corrected chi connectivity index (χ3v) is 15.1. The molecule has 3 nitrogen and oxygen atoms in total. The Labute approximate surface area is 338 Å². The fraction of sp³-hybridized carbons (Fsp3) is 0.654. The largest absolute Gasteiger partial charge is 0.508 e. The van der Waals surface area contributed by atoms with E-state index in [0.717, 1.165) is 61.6 Å². The third-order valence-electron chi connectivity index (χ3n) is 15.1. The molecule has 3 N–H and O–H groups in total. The van der Waals surface area contributed by atoms with Gasteiger partial charge in [0.1, 0.15) is 17.2 Å². The van der Waals surface area contributed by atoms with Gasteiger partial charge in [0.05, 0.1) is 0 Å². The van der Waals surface area contributed by atoms with Crippen molar-refractivity contribution >= 4 is 0 Å². The molecule has 3 aromatic carbocycles. The van der Waals surface area contributed by atoms with Crippen LogP contribution in [0.4, 0.5) is 0 Å². The molecule has 1 unspecified atom stereocenters. The summed E-state index contributed by atoms with van der Waals surface area (Å²) in [4.78, 5) is 0. The van der Waals surface area contributed by atoms with Crippen molar-refractivity contribution in [2.24, 2.45) is 0 Å². The van der Waals surface area contributed by atoms with Crippen molar-refractivity contribution in [3.05, 3.63) is 86.5 Å². The standard InChI is InChI=1S/C52H82O3/c1-20-47(8,9)38-30-44(53)41(50(14,15)23-4)27-34(38)33(7)26-35(36-28-42(51(16,17)24-5)45(54)31-39(36)48(10,11)21-2)37-29-43(52(18,19)25-6)46(55)32-40(37)49(12,13)22-3/h27-33,35,53-55H,20-26H2,1-19H3. The van der Waals surface area contributed by atoms with Crippen molar-refractivity contribution in [2.75, 3.05) is 0 Å². The van der Waals surface area contributed by atoms with Gasteiger partial charge in [-0.05, 0) is 152 Å². The van der Waals surface area contributed by atoms with Crippen LogP contribution in [0.2, 0.25) is 0 Å². The van der Waals surface area contributed by atoms with Crippen LogP contribution in [-0.2, 0) is 32.5 Å². The predicted octanol–water partition coefficient (Wildman–Crippen LogP) is 15.3. The zero-order chi connectivity index (χ0) is 42.3. The molecule has 0 amide bonds. The van der Waals surface area contributed by atoms with E-state index in [1.165, 1.54) is 33.4 Å². The lowest BCUT2D eigenvalue weighted by Crippen LogP contribution is -2.27. The fourth-order valence-corrected chi connectivity index (χ4v) is 8.23. The summed E-state index contributed by atoms with van der Waals surface area (Å²) in [7, 11) is 0. The molecule has 0 saturated carbocycles.